The van der Waals surface area contributed by atoms with E-state index in [-0.39, 0.29) is 30.3 Å². The summed E-state index contributed by atoms with van der Waals surface area (Å²) < 4.78 is 44.9. The molecule has 7 nitrogen and oxygen atoms in total. The fourth-order valence-corrected chi connectivity index (χ4v) is 6.49. The van der Waals surface area contributed by atoms with Gasteiger partial charge in [0.05, 0.1) is 11.9 Å². The number of rotatable bonds is 2. The number of aliphatic imine (C=N–C) groups is 1. The molecule has 1 atom stereocenters. The first-order valence-corrected chi connectivity index (χ1v) is 10.3. The van der Waals surface area contributed by atoms with Crippen molar-refractivity contribution in [3.05, 3.63) is 34.1 Å². The van der Waals surface area contributed by atoms with Gasteiger partial charge in [0.15, 0.2) is 9.84 Å². The van der Waals surface area contributed by atoms with E-state index in [0.717, 1.165) is 0 Å². The Kier molecular flexibility index (Phi) is 4.65. The molecule has 0 radical (unpaired) electrons. The number of hydrogen-bond acceptors (Lipinski definition) is 5. The highest BCUT2D eigenvalue weighted by Crippen LogP contribution is 2.48. The monoisotopic (exact) mass is 448 g/mol. The molecule has 0 aromatic heterocycles. The van der Waals surface area contributed by atoms with Crippen LogP contribution in [0.25, 0.3) is 0 Å². The molecule has 0 unspecified atom stereocenters. The van der Waals surface area contributed by atoms with Crippen molar-refractivity contribution in [2.45, 2.75) is 36.2 Å². The number of methoxy groups -OCH3 is 1. The molecule has 1 heterocycles. The molecular formula is C16H18BrFN2O5S. The van der Waals surface area contributed by atoms with Gasteiger partial charge in [-0.3, -0.25) is 10.3 Å². The first-order valence-electron chi connectivity index (χ1n) is 7.84. The molecule has 1 aliphatic carbocycles. The topological polar surface area (TPSA) is 105 Å². The molecule has 1 aromatic rings. The number of amidine groups is 1. The number of ether oxygens (including phenoxy) is 1. The van der Waals surface area contributed by atoms with Crippen molar-refractivity contribution in [3.8, 4) is 0 Å². The van der Waals surface area contributed by atoms with Crippen LogP contribution >= 0.6 is 15.9 Å². The number of halogens is 2. The van der Waals surface area contributed by atoms with Gasteiger partial charge in [0, 0.05) is 30.0 Å². The van der Waals surface area contributed by atoms with Crippen LogP contribution in [0, 0.1) is 5.82 Å². The smallest absolute Gasteiger partial charge is 0.410 e. The lowest BCUT2D eigenvalue weighted by Gasteiger charge is -2.50. The van der Waals surface area contributed by atoms with Gasteiger partial charge in [-0.05, 0) is 25.1 Å². The van der Waals surface area contributed by atoms with Crippen LogP contribution in [0.2, 0.25) is 0 Å². The highest BCUT2D eigenvalue weighted by atomic mass is 79.9. The van der Waals surface area contributed by atoms with Crippen LogP contribution in [0.1, 0.15) is 25.3 Å². The maximum absolute atomic E-state index is 14.4. The molecule has 1 aromatic carbocycles. The van der Waals surface area contributed by atoms with E-state index in [0.29, 0.717) is 4.47 Å². The average Bonchev–Trinajstić information content (AvgIpc) is 2.46. The van der Waals surface area contributed by atoms with Crippen LogP contribution in [0.5, 0.6) is 0 Å². The molecule has 142 valence electrons. The number of carboxylic acid groups (broad SMARTS) is 1. The molecular weight excluding hydrogens is 431 g/mol. The van der Waals surface area contributed by atoms with E-state index >= 15 is 0 Å². The number of nitrogens with zero attached hydrogens (tertiary/aromatic N) is 1. The van der Waals surface area contributed by atoms with E-state index in [1.807, 2.05) is 0 Å². The Bertz CT molecular complexity index is 898. The Balaban J connectivity index is 2.17. The number of nitrogens with one attached hydrogen (secondary N) is 1. The molecule has 26 heavy (non-hydrogen) atoms. The first-order chi connectivity index (χ1) is 12.0. The summed E-state index contributed by atoms with van der Waals surface area (Å²) in [5.74, 6) is -1.20. The summed E-state index contributed by atoms with van der Waals surface area (Å²) in [6.45, 7) is 1.48. The van der Waals surface area contributed by atoms with Crippen LogP contribution in [0.3, 0.4) is 0 Å². The molecule has 1 amide bonds. The van der Waals surface area contributed by atoms with Crippen molar-refractivity contribution in [1.82, 2.24) is 5.32 Å². The van der Waals surface area contributed by atoms with Crippen LogP contribution < -0.4 is 5.32 Å². The lowest BCUT2D eigenvalue weighted by atomic mass is 9.79. The summed E-state index contributed by atoms with van der Waals surface area (Å²) in [5.41, 5.74) is -1.37. The fourth-order valence-electron chi connectivity index (χ4n) is 3.62. The maximum Gasteiger partial charge on any atom is 0.410 e. The summed E-state index contributed by atoms with van der Waals surface area (Å²) in [6.07, 6.45) is -1.49. The minimum Gasteiger partial charge on any atom is -0.465 e. The Morgan fingerprint density at radius 2 is 2.12 bits per heavy atom. The second kappa shape index (κ2) is 6.28. The maximum atomic E-state index is 14.4. The van der Waals surface area contributed by atoms with Crippen molar-refractivity contribution in [2.75, 3.05) is 12.9 Å². The molecule has 3 rings (SSSR count). The molecule has 0 saturated heterocycles. The van der Waals surface area contributed by atoms with E-state index in [1.165, 1.54) is 32.2 Å². The Morgan fingerprint density at radius 1 is 1.46 bits per heavy atom. The Labute approximate surface area is 158 Å². The van der Waals surface area contributed by atoms with Gasteiger partial charge in [-0.15, -0.1) is 0 Å². The number of benzene rings is 1. The predicted octanol–water partition coefficient (Wildman–Crippen LogP) is 2.45. The summed E-state index contributed by atoms with van der Waals surface area (Å²) in [7, 11) is -2.36. The first kappa shape index (κ1) is 19.2. The largest absolute Gasteiger partial charge is 0.465 e. The average molecular weight is 449 g/mol. The predicted molar refractivity (Wildman–Crippen MR) is 96.6 cm³/mol. The summed E-state index contributed by atoms with van der Waals surface area (Å²) in [5, 5.41) is 11.3. The molecule has 1 saturated carbocycles. The quantitative estimate of drug-likeness (QED) is 0.722. The zero-order valence-corrected chi connectivity index (χ0v) is 16.5. The Hall–Kier alpha value is -1.52. The van der Waals surface area contributed by atoms with Crippen LogP contribution in [-0.2, 0) is 20.1 Å². The number of amides is 1. The third-order valence-electron chi connectivity index (χ3n) is 5.04. The van der Waals surface area contributed by atoms with Crippen LogP contribution in [0.15, 0.2) is 27.7 Å². The number of sulfone groups is 1. The molecule has 2 aliphatic rings. The normalized spacial score (nSPS) is 32.6. The van der Waals surface area contributed by atoms with Gasteiger partial charge in [-0.2, -0.15) is 0 Å². The molecule has 0 bridgehead atoms. The standard InChI is InChI=1S/C16H18BrFN2O5S/c1-15(11-5-9(17)3-4-12(11)18)8-26(23,24)16(6-10(7-16)25-2)13(20-15)19-14(21)22/h3-5,10H,6-8H2,1-2H3,(H,19,20)(H,21,22)/t10?,15-,16?/m0/s1. The van der Waals surface area contributed by atoms with Crippen molar-refractivity contribution in [3.63, 3.8) is 0 Å². The number of hydrogen-bond donors (Lipinski definition) is 2. The molecule has 10 heteroatoms. The van der Waals surface area contributed by atoms with E-state index in [4.69, 9.17) is 9.84 Å². The molecule has 2 N–H and O–H groups in total. The van der Waals surface area contributed by atoms with E-state index in [1.54, 1.807) is 0 Å². The molecule has 1 spiro atoms. The summed E-state index contributed by atoms with van der Waals surface area (Å²) >= 11 is 3.24. The van der Waals surface area contributed by atoms with Crippen molar-refractivity contribution in [2.24, 2.45) is 4.99 Å². The van der Waals surface area contributed by atoms with Crippen molar-refractivity contribution < 1.29 is 27.4 Å². The second-order valence-corrected chi connectivity index (χ2v) is 10.0. The Morgan fingerprint density at radius 3 is 2.69 bits per heavy atom. The molecule has 1 aliphatic heterocycles. The van der Waals surface area contributed by atoms with E-state index < -0.39 is 37.8 Å². The van der Waals surface area contributed by atoms with Crippen LogP contribution in [0.4, 0.5) is 9.18 Å². The highest BCUT2D eigenvalue weighted by molar-refractivity contribution is 9.10. The van der Waals surface area contributed by atoms with Gasteiger partial charge in [0.1, 0.15) is 21.9 Å². The minimum absolute atomic E-state index is 0.0811. The van der Waals surface area contributed by atoms with Crippen LogP contribution in [-0.4, -0.2) is 49.2 Å². The fraction of sp³-hybridized carbons (Fsp3) is 0.500. The third kappa shape index (κ3) is 2.93. The summed E-state index contributed by atoms with van der Waals surface area (Å²) in [6, 6.07) is 4.17. The van der Waals surface area contributed by atoms with Gasteiger partial charge in [-0.25, -0.2) is 17.6 Å². The number of carbonyl (C=O) groups is 1. The zero-order chi connectivity index (χ0) is 19.3. The van der Waals surface area contributed by atoms with Crippen molar-refractivity contribution in [1.29, 1.82) is 0 Å². The van der Waals surface area contributed by atoms with Gasteiger partial charge >= 0.3 is 6.09 Å². The highest BCUT2D eigenvalue weighted by Gasteiger charge is 2.62. The van der Waals surface area contributed by atoms with E-state index in [2.05, 4.69) is 26.2 Å². The van der Waals surface area contributed by atoms with E-state index in [9.17, 15) is 17.6 Å². The second-order valence-electron chi connectivity index (χ2n) is 6.81. The SMILES string of the molecule is COC1CC2(C1)C(NC(=O)O)=N[C@](C)(c1cc(Br)ccc1F)CS2(=O)=O. The van der Waals surface area contributed by atoms with Crippen molar-refractivity contribution >= 4 is 37.7 Å². The third-order valence-corrected chi connectivity index (χ3v) is 8.19. The van der Waals surface area contributed by atoms with Gasteiger partial charge in [0.25, 0.3) is 0 Å². The minimum atomic E-state index is -3.83. The zero-order valence-electron chi connectivity index (χ0n) is 14.1. The van der Waals surface area contributed by atoms with Gasteiger partial charge < -0.3 is 9.84 Å². The summed E-state index contributed by atoms with van der Waals surface area (Å²) in [4.78, 5) is 15.6. The lowest BCUT2D eigenvalue weighted by molar-refractivity contribution is 0.0286. The lowest BCUT2D eigenvalue weighted by Crippen LogP contribution is -2.67. The van der Waals surface area contributed by atoms with Gasteiger partial charge in [0.2, 0.25) is 0 Å². The molecule has 1 fully saturated rings. The van der Waals surface area contributed by atoms with Gasteiger partial charge in [-0.1, -0.05) is 15.9 Å².